The van der Waals surface area contributed by atoms with Gasteiger partial charge in [-0.2, -0.15) is 0 Å². The van der Waals surface area contributed by atoms with E-state index in [1.54, 1.807) is 29.2 Å². The Morgan fingerprint density at radius 3 is 2.37 bits per heavy atom. The third-order valence-corrected chi connectivity index (χ3v) is 4.46. The number of furan rings is 1. The number of non-ortho nitro benzene ring substituents is 1. The zero-order valence-corrected chi connectivity index (χ0v) is 16.2. The highest BCUT2D eigenvalue weighted by Crippen LogP contribution is 2.21. The van der Waals surface area contributed by atoms with Crippen LogP contribution in [0.25, 0.3) is 0 Å². The third-order valence-electron chi connectivity index (χ3n) is 4.46. The summed E-state index contributed by atoms with van der Waals surface area (Å²) in [6, 6.07) is 18.4. The lowest BCUT2D eigenvalue weighted by Gasteiger charge is -2.23. The van der Waals surface area contributed by atoms with Gasteiger partial charge in [-0.1, -0.05) is 30.3 Å². The zero-order valence-electron chi connectivity index (χ0n) is 16.2. The van der Waals surface area contributed by atoms with Crippen molar-refractivity contribution >= 4 is 23.2 Å². The first-order valence-corrected chi connectivity index (χ1v) is 9.45. The maximum Gasteiger partial charge on any atom is 0.286 e. The molecule has 0 unspecified atom stereocenters. The van der Waals surface area contributed by atoms with E-state index in [0.29, 0.717) is 25.2 Å². The highest BCUT2D eigenvalue weighted by molar-refractivity contribution is 5.95. The number of rotatable bonds is 9. The fourth-order valence-electron chi connectivity index (χ4n) is 2.95. The minimum Gasteiger partial charge on any atom is -0.459 e. The molecule has 0 saturated heterocycles. The summed E-state index contributed by atoms with van der Waals surface area (Å²) in [6.07, 6.45) is 2.13. The molecule has 0 atom stereocenters. The van der Waals surface area contributed by atoms with Crippen LogP contribution in [0.4, 0.5) is 11.4 Å². The van der Waals surface area contributed by atoms with Gasteiger partial charge in [0.25, 0.3) is 11.6 Å². The van der Waals surface area contributed by atoms with Crippen LogP contribution in [0.15, 0.2) is 77.4 Å². The van der Waals surface area contributed by atoms with Gasteiger partial charge in [-0.05, 0) is 36.2 Å². The fourth-order valence-corrected chi connectivity index (χ4v) is 2.95. The Bertz CT molecular complexity index is 985. The lowest BCUT2D eigenvalue weighted by Crippen LogP contribution is -2.35. The molecular formula is C22H21N3O5. The van der Waals surface area contributed by atoms with E-state index in [1.165, 1.54) is 18.4 Å². The van der Waals surface area contributed by atoms with Crippen LogP contribution in [0, 0.1) is 10.1 Å². The minimum absolute atomic E-state index is 0.0417. The second-order valence-electron chi connectivity index (χ2n) is 6.57. The lowest BCUT2D eigenvalue weighted by atomic mass is 10.1. The molecule has 0 aliphatic rings. The monoisotopic (exact) mass is 407 g/mol. The second kappa shape index (κ2) is 10.0. The van der Waals surface area contributed by atoms with E-state index in [4.69, 9.17) is 4.42 Å². The Morgan fingerprint density at radius 1 is 1.00 bits per heavy atom. The number of hydrogen-bond acceptors (Lipinski definition) is 5. The number of anilines is 1. The van der Waals surface area contributed by atoms with Crippen LogP contribution in [0.5, 0.6) is 0 Å². The summed E-state index contributed by atoms with van der Waals surface area (Å²) in [4.78, 5) is 36.9. The summed E-state index contributed by atoms with van der Waals surface area (Å²) in [5.41, 5.74) is 1.40. The Labute approximate surface area is 173 Å². The van der Waals surface area contributed by atoms with E-state index in [1.807, 2.05) is 30.3 Å². The van der Waals surface area contributed by atoms with Crippen LogP contribution >= 0.6 is 0 Å². The average Bonchev–Trinajstić information content (AvgIpc) is 3.29. The summed E-state index contributed by atoms with van der Waals surface area (Å²) in [7, 11) is 0. The molecule has 0 bridgehead atoms. The van der Waals surface area contributed by atoms with Crippen molar-refractivity contribution in [2.24, 2.45) is 0 Å². The number of hydrogen-bond donors (Lipinski definition) is 1. The molecule has 0 radical (unpaired) electrons. The quantitative estimate of drug-likeness (QED) is 0.331. The van der Waals surface area contributed by atoms with Crippen molar-refractivity contribution in [1.29, 1.82) is 0 Å². The summed E-state index contributed by atoms with van der Waals surface area (Å²) < 4.78 is 5.05. The SMILES string of the molecule is O=C(NCCCN(C(=O)Cc1ccccc1)c1ccc([N+](=O)[O-])cc1)c1ccco1. The van der Waals surface area contributed by atoms with Gasteiger partial charge in [-0.3, -0.25) is 19.7 Å². The predicted molar refractivity (Wildman–Crippen MR) is 111 cm³/mol. The molecule has 8 nitrogen and oxygen atoms in total. The summed E-state index contributed by atoms with van der Waals surface area (Å²) in [5.74, 6) is -0.229. The smallest absolute Gasteiger partial charge is 0.286 e. The molecule has 1 N–H and O–H groups in total. The van der Waals surface area contributed by atoms with Crippen molar-refractivity contribution in [3.8, 4) is 0 Å². The Balaban J connectivity index is 1.66. The van der Waals surface area contributed by atoms with Crippen molar-refractivity contribution in [1.82, 2.24) is 5.32 Å². The first kappa shape index (κ1) is 20.8. The number of nitrogens with one attached hydrogen (secondary N) is 1. The van der Waals surface area contributed by atoms with Crippen molar-refractivity contribution in [3.63, 3.8) is 0 Å². The topological polar surface area (TPSA) is 106 Å². The van der Waals surface area contributed by atoms with Crippen LogP contribution in [0.1, 0.15) is 22.5 Å². The van der Waals surface area contributed by atoms with Gasteiger partial charge in [0.2, 0.25) is 5.91 Å². The molecule has 3 rings (SSSR count). The first-order chi connectivity index (χ1) is 14.5. The number of benzene rings is 2. The number of nitrogens with zero attached hydrogens (tertiary/aromatic N) is 2. The highest BCUT2D eigenvalue weighted by atomic mass is 16.6. The van der Waals surface area contributed by atoms with Crippen molar-refractivity contribution < 1.29 is 18.9 Å². The standard InChI is InChI=1S/C22H21N3O5/c26-21(16-17-6-2-1-3-7-17)24(18-9-11-19(12-10-18)25(28)29)14-5-13-23-22(27)20-8-4-15-30-20/h1-4,6-12,15H,5,13-14,16H2,(H,23,27). The van der Waals surface area contributed by atoms with Crippen molar-refractivity contribution in [2.75, 3.05) is 18.0 Å². The Hall–Kier alpha value is -3.94. The van der Waals surface area contributed by atoms with Gasteiger partial charge >= 0.3 is 0 Å². The zero-order chi connectivity index (χ0) is 21.3. The van der Waals surface area contributed by atoms with Gasteiger partial charge in [0.15, 0.2) is 5.76 Å². The van der Waals surface area contributed by atoms with Crippen LogP contribution in [0.2, 0.25) is 0 Å². The molecular weight excluding hydrogens is 386 g/mol. The van der Waals surface area contributed by atoms with Crippen LogP contribution in [-0.2, 0) is 11.2 Å². The first-order valence-electron chi connectivity index (χ1n) is 9.45. The molecule has 0 spiro atoms. The number of carbonyl (C=O) groups is 2. The summed E-state index contributed by atoms with van der Waals surface area (Å²) in [5, 5.41) is 13.7. The molecule has 0 aliphatic carbocycles. The van der Waals surface area contributed by atoms with Crippen LogP contribution < -0.4 is 10.2 Å². The second-order valence-corrected chi connectivity index (χ2v) is 6.57. The van der Waals surface area contributed by atoms with E-state index in [2.05, 4.69) is 5.32 Å². The number of nitro benzene ring substituents is 1. The van der Waals surface area contributed by atoms with E-state index < -0.39 is 4.92 Å². The lowest BCUT2D eigenvalue weighted by molar-refractivity contribution is -0.384. The molecule has 0 saturated carbocycles. The van der Waals surface area contributed by atoms with E-state index in [-0.39, 0.29) is 29.7 Å². The number of carbonyl (C=O) groups excluding carboxylic acids is 2. The third kappa shape index (κ3) is 5.54. The normalized spacial score (nSPS) is 10.4. The Kier molecular flexibility index (Phi) is 6.94. The predicted octanol–water partition coefficient (Wildman–Crippen LogP) is 3.58. The van der Waals surface area contributed by atoms with Crippen molar-refractivity contribution in [2.45, 2.75) is 12.8 Å². The van der Waals surface area contributed by atoms with Crippen LogP contribution in [-0.4, -0.2) is 29.8 Å². The van der Waals surface area contributed by atoms with Gasteiger partial charge in [0.1, 0.15) is 0 Å². The highest BCUT2D eigenvalue weighted by Gasteiger charge is 2.17. The van der Waals surface area contributed by atoms with Gasteiger partial charge in [0.05, 0.1) is 17.6 Å². The van der Waals surface area contributed by atoms with E-state index in [0.717, 1.165) is 5.56 Å². The molecule has 0 aliphatic heterocycles. The summed E-state index contributed by atoms with van der Waals surface area (Å²) in [6.45, 7) is 0.698. The van der Waals surface area contributed by atoms with E-state index in [9.17, 15) is 19.7 Å². The fraction of sp³-hybridized carbons (Fsp3) is 0.182. The molecule has 154 valence electrons. The van der Waals surface area contributed by atoms with Crippen LogP contribution in [0.3, 0.4) is 0 Å². The van der Waals surface area contributed by atoms with Gasteiger partial charge < -0.3 is 14.6 Å². The van der Waals surface area contributed by atoms with E-state index >= 15 is 0 Å². The molecule has 2 amide bonds. The molecule has 3 aromatic rings. The molecule has 1 aromatic heterocycles. The van der Waals surface area contributed by atoms with Gasteiger partial charge in [-0.15, -0.1) is 0 Å². The number of amides is 2. The van der Waals surface area contributed by atoms with Gasteiger partial charge in [-0.25, -0.2) is 0 Å². The van der Waals surface area contributed by atoms with Crippen molar-refractivity contribution in [3.05, 3.63) is 94.4 Å². The molecule has 8 heteroatoms. The Morgan fingerprint density at radius 2 is 1.73 bits per heavy atom. The number of nitro groups is 1. The molecule has 1 heterocycles. The average molecular weight is 407 g/mol. The molecule has 2 aromatic carbocycles. The minimum atomic E-state index is -0.482. The summed E-state index contributed by atoms with van der Waals surface area (Å²) >= 11 is 0. The molecule has 0 fully saturated rings. The maximum atomic E-state index is 12.9. The largest absolute Gasteiger partial charge is 0.459 e. The molecule has 30 heavy (non-hydrogen) atoms. The van der Waals surface area contributed by atoms with Gasteiger partial charge in [0, 0.05) is 30.9 Å². The maximum absolute atomic E-state index is 12.9.